The van der Waals surface area contributed by atoms with Gasteiger partial charge in [0.15, 0.2) is 0 Å². The number of carbonyl (C=O) groups is 1. The monoisotopic (exact) mass is 132 g/mol. The molecule has 0 heterocycles. The van der Waals surface area contributed by atoms with E-state index >= 15 is 0 Å². The predicted octanol–water partition coefficient (Wildman–Crippen LogP) is 0.886. The highest BCUT2D eigenvalue weighted by molar-refractivity contribution is 5.66. The third kappa shape index (κ3) is 5.30. The summed E-state index contributed by atoms with van der Waals surface area (Å²) in [6.45, 7) is 1.85. The summed E-state index contributed by atoms with van der Waals surface area (Å²) in [5.74, 6) is -0.765. The van der Waals surface area contributed by atoms with E-state index in [1.807, 2.05) is 6.92 Å². The van der Waals surface area contributed by atoms with E-state index in [0.717, 1.165) is 0 Å². The van der Waals surface area contributed by atoms with Gasteiger partial charge in [0.25, 0.3) is 0 Å². The molecule has 54 valence electrons. The molecule has 0 aliphatic rings. The van der Waals surface area contributed by atoms with Crippen molar-refractivity contribution in [1.29, 1.82) is 0 Å². The Labute approximate surface area is 54.6 Å². The van der Waals surface area contributed by atoms with Crippen LogP contribution in [0.4, 0.5) is 0 Å². The maximum atomic E-state index is 9.96. The maximum Gasteiger partial charge on any atom is 0.303 e. The van der Waals surface area contributed by atoms with Crippen LogP contribution in [0.15, 0.2) is 0 Å². The van der Waals surface area contributed by atoms with Crippen LogP contribution in [0, 0.1) is 0 Å². The highest BCUT2D eigenvalue weighted by Crippen LogP contribution is 1.98. The van der Waals surface area contributed by atoms with Crippen LogP contribution in [0.3, 0.4) is 0 Å². The maximum absolute atomic E-state index is 9.96. The van der Waals surface area contributed by atoms with E-state index in [2.05, 4.69) is 0 Å². The fraction of sp³-hybridized carbons (Fsp3) is 0.833. The van der Waals surface area contributed by atoms with Crippen LogP contribution in [0.25, 0.3) is 0 Å². The molecule has 1 N–H and O–H groups in total. The van der Waals surface area contributed by atoms with Crippen LogP contribution in [-0.4, -0.2) is 24.3 Å². The van der Waals surface area contributed by atoms with E-state index in [-0.39, 0.29) is 12.5 Å². The first kappa shape index (κ1) is 8.43. The van der Waals surface area contributed by atoms with Gasteiger partial charge in [-0.3, -0.25) is 4.79 Å². The zero-order valence-electron chi connectivity index (χ0n) is 5.76. The van der Waals surface area contributed by atoms with E-state index in [1.54, 1.807) is 7.11 Å². The van der Waals surface area contributed by atoms with Gasteiger partial charge in [0, 0.05) is 13.5 Å². The summed E-state index contributed by atoms with van der Waals surface area (Å²) in [7, 11) is 1.58. The average molecular weight is 132 g/mol. The number of rotatable bonds is 4. The van der Waals surface area contributed by atoms with Crippen LogP contribution in [0.2, 0.25) is 0 Å². The Morgan fingerprint density at radius 2 is 2.33 bits per heavy atom. The van der Waals surface area contributed by atoms with Crippen molar-refractivity contribution in [2.24, 2.45) is 0 Å². The van der Waals surface area contributed by atoms with Crippen LogP contribution in [0.5, 0.6) is 0 Å². The first-order chi connectivity index (χ1) is 4.16. The molecular weight excluding hydrogens is 120 g/mol. The Hall–Kier alpha value is -0.570. The molecule has 0 aliphatic carbocycles. The molecule has 3 nitrogen and oxygen atoms in total. The highest BCUT2D eigenvalue weighted by atomic mass is 16.5. The first-order valence-corrected chi connectivity index (χ1v) is 2.91. The third-order valence-electron chi connectivity index (χ3n) is 1.17. The van der Waals surface area contributed by atoms with Crippen molar-refractivity contribution in [3.05, 3.63) is 0 Å². The second-order valence-corrected chi connectivity index (χ2v) is 1.98. The Bertz CT molecular complexity index is 90.3. The minimum Gasteiger partial charge on any atom is -0.481 e. The summed E-state index contributed by atoms with van der Waals surface area (Å²) in [6.07, 6.45) is 0.835. The summed E-state index contributed by atoms with van der Waals surface area (Å²) < 4.78 is 4.84. The molecule has 0 aromatic carbocycles. The number of carboxylic acids is 1. The highest BCUT2D eigenvalue weighted by Gasteiger charge is 2.01. The summed E-state index contributed by atoms with van der Waals surface area (Å²) in [4.78, 5) is 9.96. The van der Waals surface area contributed by atoms with Crippen LogP contribution in [-0.2, 0) is 9.53 Å². The molecule has 9 heavy (non-hydrogen) atoms. The standard InChI is InChI=1S/C6H12O3/c1-5(9-2)3-4-6(7)8/h5H,3-4H2,1-2H3,(H,7,8)/t5-/m0/s1. The largest absolute Gasteiger partial charge is 0.481 e. The zero-order chi connectivity index (χ0) is 7.28. The van der Waals surface area contributed by atoms with Crippen molar-refractivity contribution in [2.45, 2.75) is 25.9 Å². The molecule has 0 radical (unpaired) electrons. The fourth-order valence-electron chi connectivity index (χ4n) is 0.445. The third-order valence-corrected chi connectivity index (χ3v) is 1.17. The van der Waals surface area contributed by atoms with Gasteiger partial charge in [-0.1, -0.05) is 0 Å². The lowest BCUT2D eigenvalue weighted by atomic mass is 10.2. The summed E-state index contributed by atoms with van der Waals surface area (Å²) in [5, 5.41) is 8.20. The Morgan fingerprint density at radius 1 is 1.78 bits per heavy atom. The van der Waals surface area contributed by atoms with E-state index in [9.17, 15) is 4.79 Å². The second-order valence-electron chi connectivity index (χ2n) is 1.98. The van der Waals surface area contributed by atoms with Gasteiger partial charge in [-0.25, -0.2) is 0 Å². The molecule has 0 amide bonds. The number of hydrogen-bond acceptors (Lipinski definition) is 2. The van der Waals surface area contributed by atoms with Gasteiger partial charge in [0.2, 0.25) is 0 Å². The van der Waals surface area contributed by atoms with E-state index in [1.165, 1.54) is 0 Å². The summed E-state index contributed by atoms with van der Waals surface area (Å²) >= 11 is 0. The van der Waals surface area contributed by atoms with Gasteiger partial charge < -0.3 is 9.84 Å². The molecule has 0 spiro atoms. The molecule has 3 heteroatoms. The molecule has 0 aromatic rings. The van der Waals surface area contributed by atoms with E-state index in [0.29, 0.717) is 6.42 Å². The number of carboxylic acid groups (broad SMARTS) is 1. The van der Waals surface area contributed by atoms with Crippen molar-refractivity contribution in [1.82, 2.24) is 0 Å². The van der Waals surface area contributed by atoms with Crippen molar-refractivity contribution in [3.8, 4) is 0 Å². The molecule has 0 bridgehead atoms. The number of hydrogen-bond donors (Lipinski definition) is 1. The fourth-order valence-corrected chi connectivity index (χ4v) is 0.445. The van der Waals surface area contributed by atoms with Crippen molar-refractivity contribution < 1.29 is 14.6 Å². The minimum atomic E-state index is -0.765. The normalized spacial score (nSPS) is 13.1. The topological polar surface area (TPSA) is 46.5 Å². The molecule has 0 aromatic heterocycles. The molecule has 0 rings (SSSR count). The Kier molecular flexibility index (Phi) is 4.05. The lowest BCUT2D eigenvalue weighted by molar-refractivity contribution is -0.137. The van der Waals surface area contributed by atoms with Crippen molar-refractivity contribution in [2.75, 3.05) is 7.11 Å². The molecule has 0 aliphatic heterocycles. The van der Waals surface area contributed by atoms with Gasteiger partial charge in [-0.05, 0) is 13.3 Å². The smallest absolute Gasteiger partial charge is 0.303 e. The molecular formula is C6H12O3. The van der Waals surface area contributed by atoms with Gasteiger partial charge in [0.1, 0.15) is 0 Å². The second kappa shape index (κ2) is 4.32. The number of aliphatic carboxylic acids is 1. The molecule has 1 atom stereocenters. The van der Waals surface area contributed by atoms with Gasteiger partial charge in [-0.2, -0.15) is 0 Å². The van der Waals surface area contributed by atoms with Gasteiger partial charge >= 0.3 is 5.97 Å². The first-order valence-electron chi connectivity index (χ1n) is 2.91. The Morgan fingerprint density at radius 3 is 2.67 bits per heavy atom. The molecule has 0 fully saturated rings. The van der Waals surface area contributed by atoms with Gasteiger partial charge in [0.05, 0.1) is 6.10 Å². The number of ether oxygens (including phenoxy) is 1. The predicted molar refractivity (Wildman–Crippen MR) is 33.3 cm³/mol. The number of methoxy groups -OCH3 is 1. The van der Waals surface area contributed by atoms with Gasteiger partial charge in [-0.15, -0.1) is 0 Å². The SMILES string of the molecule is CO[C@@H](C)CCC(=O)O. The quantitative estimate of drug-likeness (QED) is 0.617. The molecule has 0 saturated carbocycles. The average Bonchev–Trinajstić information content (AvgIpc) is 1.83. The van der Waals surface area contributed by atoms with E-state index < -0.39 is 5.97 Å². The van der Waals surface area contributed by atoms with Crippen LogP contribution in [0.1, 0.15) is 19.8 Å². The van der Waals surface area contributed by atoms with E-state index in [4.69, 9.17) is 9.84 Å². The lowest BCUT2D eigenvalue weighted by Crippen LogP contribution is -2.07. The van der Waals surface area contributed by atoms with Crippen molar-refractivity contribution >= 4 is 5.97 Å². The minimum absolute atomic E-state index is 0.0566. The summed E-state index contributed by atoms with van der Waals surface area (Å²) in [6, 6.07) is 0. The Balaban J connectivity index is 3.16. The van der Waals surface area contributed by atoms with Crippen molar-refractivity contribution in [3.63, 3.8) is 0 Å². The molecule has 0 unspecified atom stereocenters. The van der Waals surface area contributed by atoms with Crippen LogP contribution < -0.4 is 0 Å². The molecule has 0 saturated heterocycles. The summed E-state index contributed by atoms with van der Waals surface area (Å²) in [5.41, 5.74) is 0. The lowest BCUT2D eigenvalue weighted by Gasteiger charge is -2.05. The van der Waals surface area contributed by atoms with Crippen LogP contribution >= 0.6 is 0 Å². The zero-order valence-corrected chi connectivity index (χ0v) is 5.76.